The van der Waals surface area contributed by atoms with Crippen LogP contribution in [-0.2, 0) is 4.79 Å². The number of amides is 1. The summed E-state index contributed by atoms with van der Waals surface area (Å²) in [5.74, 6) is -0.198. The Morgan fingerprint density at radius 1 is 1.21 bits per heavy atom. The van der Waals surface area contributed by atoms with Gasteiger partial charge in [-0.1, -0.05) is 43.7 Å². The quantitative estimate of drug-likeness (QED) is 0.835. The molecule has 0 aromatic heterocycles. The summed E-state index contributed by atoms with van der Waals surface area (Å²) in [5.41, 5.74) is 0.585. The summed E-state index contributed by atoms with van der Waals surface area (Å²) in [6.07, 6.45) is 2.33. The van der Waals surface area contributed by atoms with Crippen LogP contribution in [0.3, 0.4) is 0 Å². The predicted molar refractivity (Wildman–Crippen MR) is 76.2 cm³/mol. The maximum atomic E-state index is 12.1. The number of fused-ring (bicyclic) bond motifs is 1. The number of carbonyl (C=O) groups excluding carboxylic acids is 2. The molecule has 2 aromatic carbocycles. The number of rotatable bonds is 5. The van der Waals surface area contributed by atoms with Crippen molar-refractivity contribution in [3.63, 3.8) is 0 Å². The first-order chi connectivity index (χ1) is 9.24. The molecule has 0 aliphatic rings. The van der Waals surface area contributed by atoms with Gasteiger partial charge in [-0.3, -0.25) is 4.79 Å². The second kappa shape index (κ2) is 6.14. The van der Waals surface area contributed by atoms with Crippen molar-refractivity contribution < 1.29 is 9.59 Å². The largest absolute Gasteiger partial charge is 0.343 e. The number of hydrogen-bond acceptors (Lipinski definition) is 2. The lowest BCUT2D eigenvalue weighted by Crippen LogP contribution is -2.35. The van der Waals surface area contributed by atoms with Crippen LogP contribution >= 0.6 is 0 Å². The second-order valence-electron chi connectivity index (χ2n) is 4.57. The molecular weight excluding hydrogens is 238 g/mol. The number of nitrogens with one attached hydrogen (secondary N) is 1. The topological polar surface area (TPSA) is 46.2 Å². The fourth-order valence-electron chi connectivity index (χ4n) is 2.07. The van der Waals surface area contributed by atoms with Gasteiger partial charge in [0.15, 0.2) is 0 Å². The first-order valence-corrected chi connectivity index (χ1v) is 6.49. The molecule has 1 atom stereocenters. The zero-order valence-corrected chi connectivity index (χ0v) is 10.9. The molecule has 1 unspecified atom stereocenters. The maximum absolute atomic E-state index is 12.1. The molecule has 0 saturated heterocycles. The van der Waals surface area contributed by atoms with Gasteiger partial charge in [0.1, 0.15) is 6.29 Å². The van der Waals surface area contributed by atoms with Crippen molar-refractivity contribution in [1.29, 1.82) is 0 Å². The second-order valence-corrected chi connectivity index (χ2v) is 4.57. The minimum Gasteiger partial charge on any atom is -0.343 e. The smallest absolute Gasteiger partial charge is 0.251 e. The van der Waals surface area contributed by atoms with Gasteiger partial charge in [-0.25, -0.2) is 0 Å². The molecule has 0 bridgehead atoms. The number of hydrogen-bond donors (Lipinski definition) is 1. The van der Waals surface area contributed by atoms with Crippen LogP contribution in [0.4, 0.5) is 0 Å². The minimum absolute atomic E-state index is 0.198. The van der Waals surface area contributed by atoms with Crippen LogP contribution in [-0.4, -0.2) is 18.2 Å². The summed E-state index contributed by atoms with van der Waals surface area (Å²) < 4.78 is 0. The van der Waals surface area contributed by atoms with E-state index in [-0.39, 0.29) is 5.91 Å². The van der Waals surface area contributed by atoms with Crippen molar-refractivity contribution >= 4 is 23.0 Å². The van der Waals surface area contributed by atoms with Crippen LogP contribution in [0.5, 0.6) is 0 Å². The average Bonchev–Trinajstić information content (AvgIpc) is 2.46. The van der Waals surface area contributed by atoms with E-state index in [2.05, 4.69) is 5.32 Å². The molecule has 3 nitrogen and oxygen atoms in total. The summed E-state index contributed by atoms with van der Waals surface area (Å²) in [6.45, 7) is 1.98. The molecule has 0 radical (unpaired) electrons. The summed E-state index contributed by atoms with van der Waals surface area (Å²) in [6, 6.07) is 13.0. The zero-order chi connectivity index (χ0) is 13.7. The summed E-state index contributed by atoms with van der Waals surface area (Å²) in [5, 5.41) is 4.86. The van der Waals surface area contributed by atoms with Crippen LogP contribution in [0.25, 0.3) is 10.8 Å². The van der Waals surface area contributed by atoms with Crippen LogP contribution in [0, 0.1) is 0 Å². The van der Waals surface area contributed by atoms with E-state index in [0.29, 0.717) is 12.0 Å². The van der Waals surface area contributed by atoms with Crippen molar-refractivity contribution in [3.8, 4) is 0 Å². The van der Waals surface area contributed by atoms with Gasteiger partial charge in [0.2, 0.25) is 0 Å². The van der Waals surface area contributed by atoms with E-state index >= 15 is 0 Å². The minimum atomic E-state index is -0.399. The lowest BCUT2D eigenvalue weighted by molar-refractivity contribution is -0.109. The third-order valence-corrected chi connectivity index (χ3v) is 3.09. The molecule has 0 spiro atoms. The lowest BCUT2D eigenvalue weighted by atomic mass is 10.1. The first-order valence-electron chi connectivity index (χ1n) is 6.49. The number of carbonyl (C=O) groups is 2. The van der Waals surface area contributed by atoms with Gasteiger partial charge in [0.25, 0.3) is 5.91 Å². The van der Waals surface area contributed by atoms with Gasteiger partial charge in [-0.05, 0) is 29.3 Å². The van der Waals surface area contributed by atoms with Crippen LogP contribution in [0.2, 0.25) is 0 Å². The van der Waals surface area contributed by atoms with Crippen molar-refractivity contribution in [1.82, 2.24) is 5.32 Å². The third-order valence-electron chi connectivity index (χ3n) is 3.09. The van der Waals surface area contributed by atoms with Gasteiger partial charge < -0.3 is 10.1 Å². The summed E-state index contributed by atoms with van der Waals surface area (Å²) in [4.78, 5) is 22.9. The Balaban J connectivity index is 2.19. The fourth-order valence-corrected chi connectivity index (χ4v) is 2.07. The van der Waals surface area contributed by atoms with Crippen molar-refractivity contribution in [2.45, 2.75) is 25.8 Å². The molecule has 98 valence electrons. The summed E-state index contributed by atoms with van der Waals surface area (Å²) in [7, 11) is 0. The molecule has 0 aliphatic carbocycles. The Morgan fingerprint density at radius 3 is 2.63 bits per heavy atom. The SMILES string of the molecule is CCCC(C=O)NC(=O)c1ccc2ccccc2c1. The van der Waals surface area contributed by atoms with Crippen molar-refractivity contribution in [3.05, 3.63) is 48.0 Å². The Bertz CT molecular complexity index is 592. The highest BCUT2D eigenvalue weighted by Crippen LogP contribution is 2.15. The van der Waals surface area contributed by atoms with Gasteiger partial charge in [0.05, 0.1) is 6.04 Å². The predicted octanol–water partition coefficient (Wildman–Crippen LogP) is 2.94. The number of benzene rings is 2. The summed E-state index contributed by atoms with van der Waals surface area (Å²) >= 11 is 0. The number of aldehydes is 1. The van der Waals surface area contributed by atoms with Crippen LogP contribution in [0.1, 0.15) is 30.1 Å². The van der Waals surface area contributed by atoms with Crippen molar-refractivity contribution in [2.24, 2.45) is 0 Å². The Kier molecular flexibility index (Phi) is 4.29. The highest BCUT2D eigenvalue weighted by atomic mass is 16.2. The van der Waals surface area contributed by atoms with Gasteiger partial charge in [-0.15, -0.1) is 0 Å². The van der Waals surface area contributed by atoms with E-state index in [1.54, 1.807) is 6.07 Å². The third kappa shape index (κ3) is 3.19. The van der Waals surface area contributed by atoms with E-state index in [1.165, 1.54) is 0 Å². The van der Waals surface area contributed by atoms with E-state index in [1.807, 2.05) is 43.3 Å². The molecule has 2 aromatic rings. The average molecular weight is 255 g/mol. The fraction of sp³-hybridized carbons (Fsp3) is 0.250. The van der Waals surface area contributed by atoms with Gasteiger partial charge >= 0.3 is 0 Å². The highest BCUT2D eigenvalue weighted by molar-refractivity contribution is 5.99. The zero-order valence-electron chi connectivity index (χ0n) is 10.9. The van der Waals surface area contributed by atoms with Gasteiger partial charge in [-0.2, -0.15) is 0 Å². The standard InChI is InChI=1S/C16H17NO2/c1-2-5-15(11-18)17-16(19)14-9-8-12-6-3-4-7-13(12)10-14/h3-4,6-11,15H,2,5H2,1H3,(H,17,19). The molecule has 0 heterocycles. The highest BCUT2D eigenvalue weighted by Gasteiger charge is 2.12. The first kappa shape index (κ1) is 13.3. The molecule has 1 N–H and O–H groups in total. The molecule has 0 fully saturated rings. The Labute approximate surface area is 112 Å². The van der Waals surface area contributed by atoms with E-state index < -0.39 is 6.04 Å². The molecule has 1 amide bonds. The molecular formula is C16H17NO2. The Hall–Kier alpha value is -2.16. The lowest BCUT2D eigenvalue weighted by Gasteiger charge is -2.11. The van der Waals surface area contributed by atoms with E-state index in [0.717, 1.165) is 23.5 Å². The van der Waals surface area contributed by atoms with Crippen molar-refractivity contribution in [2.75, 3.05) is 0 Å². The molecule has 19 heavy (non-hydrogen) atoms. The normalized spacial score (nSPS) is 12.1. The monoisotopic (exact) mass is 255 g/mol. The van der Waals surface area contributed by atoms with Gasteiger partial charge in [0, 0.05) is 5.56 Å². The van der Waals surface area contributed by atoms with E-state index in [4.69, 9.17) is 0 Å². The van der Waals surface area contributed by atoms with E-state index in [9.17, 15) is 9.59 Å². The maximum Gasteiger partial charge on any atom is 0.251 e. The molecule has 0 aliphatic heterocycles. The van der Waals surface area contributed by atoms with Crippen LogP contribution < -0.4 is 5.32 Å². The molecule has 3 heteroatoms. The molecule has 2 rings (SSSR count). The molecule has 0 saturated carbocycles. The Morgan fingerprint density at radius 2 is 1.95 bits per heavy atom. The van der Waals surface area contributed by atoms with Crippen LogP contribution in [0.15, 0.2) is 42.5 Å².